The van der Waals surface area contributed by atoms with Gasteiger partial charge in [0.1, 0.15) is 5.69 Å². The summed E-state index contributed by atoms with van der Waals surface area (Å²) in [6.07, 6.45) is 0.455. The summed E-state index contributed by atoms with van der Waals surface area (Å²) in [6.45, 7) is 2.19. The Morgan fingerprint density at radius 1 is 1.42 bits per heavy atom. The molecule has 0 amide bonds. The molecule has 2 rings (SSSR count). The standard InChI is InChI=1S/C15H15NO3/c1-2-19-15(18)14-10-12-7-6-11(5-3-4-8-17)9-13(12)16-14/h6-7,9-10,16-17H,2,4,8H2,1H3. The van der Waals surface area contributed by atoms with Gasteiger partial charge in [0.2, 0.25) is 0 Å². The number of aromatic nitrogens is 1. The quantitative estimate of drug-likeness (QED) is 0.653. The minimum Gasteiger partial charge on any atom is -0.461 e. The van der Waals surface area contributed by atoms with Crippen molar-refractivity contribution in [1.29, 1.82) is 0 Å². The molecule has 1 aromatic heterocycles. The number of benzene rings is 1. The summed E-state index contributed by atoms with van der Waals surface area (Å²) in [5, 5.41) is 9.61. The number of esters is 1. The third kappa shape index (κ3) is 3.15. The monoisotopic (exact) mass is 257 g/mol. The van der Waals surface area contributed by atoms with Crippen LogP contribution in [0.15, 0.2) is 24.3 Å². The van der Waals surface area contributed by atoms with E-state index in [1.54, 1.807) is 13.0 Å². The molecule has 2 N–H and O–H groups in total. The van der Waals surface area contributed by atoms with Crippen LogP contribution in [0.4, 0.5) is 0 Å². The Kier molecular flexibility index (Phi) is 4.22. The van der Waals surface area contributed by atoms with Crippen molar-refractivity contribution in [3.05, 3.63) is 35.5 Å². The number of aromatic amines is 1. The first-order valence-corrected chi connectivity index (χ1v) is 6.14. The third-order valence-electron chi connectivity index (χ3n) is 2.59. The van der Waals surface area contributed by atoms with E-state index in [9.17, 15) is 4.79 Å². The Bertz CT molecular complexity index is 646. The molecule has 0 saturated carbocycles. The molecule has 0 bridgehead atoms. The van der Waals surface area contributed by atoms with Crippen molar-refractivity contribution in [3.8, 4) is 11.8 Å². The number of aliphatic hydroxyl groups is 1. The van der Waals surface area contributed by atoms with Crippen LogP contribution in [0, 0.1) is 11.8 Å². The lowest BCUT2D eigenvalue weighted by atomic mass is 10.1. The highest BCUT2D eigenvalue weighted by Crippen LogP contribution is 2.17. The molecule has 4 heteroatoms. The lowest BCUT2D eigenvalue weighted by molar-refractivity contribution is 0.0520. The molecule has 98 valence electrons. The number of hydrogen-bond donors (Lipinski definition) is 2. The highest BCUT2D eigenvalue weighted by molar-refractivity contribution is 5.95. The molecule has 0 saturated heterocycles. The predicted octanol–water partition coefficient (Wildman–Crippen LogP) is 2.08. The van der Waals surface area contributed by atoms with E-state index < -0.39 is 0 Å². The second-order valence-electron chi connectivity index (χ2n) is 3.98. The average Bonchev–Trinajstić information content (AvgIpc) is 2.82. The van der Waals surface area contributed by atoms with E-state index in [1.165, 1.54) is 0 Å². The van der Waals surface area contributed by atoms with Gasteiger partial charge in [0, 0.05) is 22.9 Å². The molecule has 1 heterocycles. The first-order valence-electron chi connectivity index (χ1n) is 6.14. The van der Waals surface area contributed by atoms with E-state index in [0.29, 0.717) is 18.7 Å². The highest BCUT2D eigenvalue weighted by atomic mass is 16.5. The topological polar surface area (TPSA) is 62.3 Å². The fourth-order valence-corrected chi connectivity index (χ4v) is 1.74. The van der Waals surface area contributed by atoms with Crippen molar-refractivity contribution in [2.75, 3.05) is 13.2 Å². The van der Waals surface area contributed by atoms with Gasteiger partial charge in [-0.05, 0) is 25.1 Å². The largest absolute Gasteiger partial charge is 0.461 e. The van der Waals surface area contributed by atoms with Gasteiger partial charge >= 0.3 is 5.97 Å². The summed E-state index contributed by atoms with van der Waals surface area (Å²) in [7, 11) is 0. The second-order valence-corrected chi connectivity index (χ2v) is 3.98. The van der Waals surface area contributed by atoms with Crippen LogP contribution in [0.3, 0.4) is 0 Å². The van der Waals surface area contributed by atoms with Crippen LogP contribution in [-0.4, -0.2) is 29.3 Å². The van der Waals surface area contributed by atoms with Gasteiger partial charge in [-0.15, -0.1) is 0 Å². The van der Waals surface area contributed by atoms with E-state index in [4.69, 9.17) is 9.84 Å². The maximum Gasteiger partial charge on any atom is 0.354 e. The zero-order valence-corrected chi connectivity index (χ0v) is 10.7. The molecular weight excluding hydrogens is 242 g/mol. The van der Waals surface area contributed by atoms with Crippen molar-refractivity contribution in [2.24, 2.45) is 0 Å². The van der Waals surface area contributed by atoms with Crippen LogP contribution in [0.5, 0.6) is 0 Å². The number of aliphatic hydroxyl groups excluding tert-OH is 1. The van der Waals surface area contributed by atoms with Crippen LogP contribution < -0.4 is 0 Å². The second kappa shape index (κ2) is 6.07. The SMILES string of the molecule is CCOC(=O)c1cc2ccc(C#CCCO)cc2[nH]1. The number of rotatable bonds is 3. The van der Waals surface area contributed by atoms with Crippen molar-refractivity contribution in [2.45, 2.75) is 13.3 Å². The Hall–Kier alpha value is -2.25. The summed E-state index contributed by atoms with van der Waals surface area (Å²) in [5.41, 5.74) is 2.13. The Labute approximate surface area is 111 Å². The Morgan fingerprint density at radius 3 is 3.00 bits per heavy atom. The molecule has 1 aromatic carbocycles. The summed E-state index contributed by atoms with van der Waals surface area (Å²) < 4.78 is 4.94. The summed E-state index contributed by atoms with van der Waals surface area (Å²) in [5.74, 6) is 5.46. The normalized spacial score (nSPS) is 10.0. The van der Waals surface area contributed by atoms with Gasteiger partial charge in [-0.2, -0.15) is 0 Å². The van der Waals surface area contributed by atoms with Crippen LogP contribution in [-0.2, 0) is 4.74 Å². The number of ether oxygens (including phenoxy) is 1. The van der Waals surface area contributed by atoms with Crippen LogP contribution in [0.25, 0.3) is 10.9 Å². The maximum absolute atomic E-state index is 11.6. The van der Waals surface area contributed by atoms with Crippen LogP contribution in [0.1, 0.15) is 29.4 Å². The van der Waals surface area contributed by atoms with E-state index in [2.05, 4.69) is 16.8 Å². The minimum absolute atomic E-state index is 0.0603. The van der Waals surface area contributed by atoms with Gasteiger partial charge in [-0.25, -0.2) is 4.79 Å². The van der Waals surface area contributed by atoms with Gasteiger partial charge in [0.15, 0.2) is 0 Å². The van der Waals surface area contributed by atoms with E-state index in [0.717, 1.165) is 16.5 Å². The predicted molar refractivity (Wildman–Crippen MR) is 72.8 cm³/mol. The van der Waals surface area contributed by atoms with Crippen molar-refractivity contribution in [1.82, 2.24) is 4.98 Å². The molecule has 0 radical (unpaired) electrons. The lowest BCUT2D eigenvalue weighted by Gasteiger charge is -1.96. The van der Waals surface area contributed by atoms with Crippen molar-refractivity contribution in [3.63, 3.8) is 0 Å². The minimum atomic E-state index is -0.355. The molecular formula is C15H15NO3. The van der Waals surface area contributed by atoms with Crippen LogP contribution >= 0.6 is 0 Å². The smallest absolute Gasteiger partial charge is 0.354 e. The van der Waals surface area contributed by atoms with E-state index in [1.807, 2.05) is 18.2 Å². The first kappa shape index (κ1) is 13.2. The number of fused-ring (bicyclic) bond motifs is 1. The van der Waals surface area contributed by atoms with Crippen molar-refractivity contribution >= 4 is 16.9 Å². The molecule has 0 spiro atoms. The molecule has 19 heavy (non-hydrogen) atoms. The molecule has 0 aliphatic carbocycles. The molecule has 0 unspecified atom stereocenters. The van der Waals surface area contributed by atoms with Crippen LogP contribution in [0.2, 0.25) is 0 Å². The van der Waals surface area contributed by atoms with E-state index in [-0.39, 0.29) is 12.6 Å². The maximum atomic E-state index is 11.6. The van der Waals surface area contributed by atoms with Gasteiger partial charge in [-0.1, -0.05) is 17.9 Å². The molecule has 4 nitrogen and oxygen atoms in total. The molecule has 0 fully saturated rings. The number of H-pyrrole nitrogens is 1. The summed E-state index contributed by atoms with van der Waals surface area (Å²) in [4.78, 5) is 14.6. The zero-order chi connectivity index (χ0) is 13.7. The zero-order valence-electron chi connectivity index (χ0n) is 10.7. The number of hydrogen-bond acceptors (Lipinski definition) is 3. The molecule has 2 aromatic rings. The van der Waals surface area contributed by atoms with Gasteiger partial charge in [0.25, 0.3) is 0 Å². The fraction of sp³-hybridized carbons (Fsp3) is 0.267. The highest BCUT2D eigenvalue weighted by Gasteiger charge is 2.09. The third-order valence-corrected chi connectivity index (χ3v) is 2.59. The van der Waals surface area contributed by atoms with E-state index >= 15 is 0 Å². The number of carbonyl (C=O) groups is 1. The average molecular weight is 257 g/mol. The summed E-state index contributed by atoms with van der Waals surface area (Å²) in [6, 6.07) is 7.42. The molecule has 0 atom stereocenters. The Balaban J connectivity index is 2.29. The van der Waals surface area contributed by atoms with Gasteiger partial charge < -0.3 is 14.8 Å². The van der Waals surface area contributed by atoms with Gasteiger partial charge in [-0.3, -0.25) is 0 Å². The number of nitrogens with one attached hydrogen (secondary N) is 1. The van der Waals surface area contributed by atoms with Gasteiger partial charge in [0.05, 0.1) is 13.2 Å². The first-order chi connectivity index (χ1) is 9.24. The fourth-order valence-electron chi connectivity index (χ4n) is 1.74. The molecule has 0 aliphatic rings. The molecule has 0 aliphatic heterocycles. The summed E-state index contributed by atoms with van der Waals surface area (Å²) >= 11 is 0. The van der Waals surface area contributed by atoms with Crippen molar-refractivity contribution < 1.29 is 14.6 Å². The lowest BCUT2D eigenvalue weighted by Crippen LogP contribution is -2.04. The Morgan fingerprint density at radius 2 is 2.26 bits per heavy atom. The number of carbonyl (C=O) groups excluding carboxylic acids is 1.